The Morgan fingerprint density at radius 2 is 2.07 bits per heavy atom. The van der Waals surface area contributed by atoms with Gasteiger partial charge in [-0.15, -0.1) is 3.89 Å². The number of fused-ring (bicyclic) bond motifs is 1. The Balaban J connectivity index is 2.24. The van der Waals surface area contributed by atoms with Crippen LogP contribution < -0.4 is 0 Å². The molecule has 78 valence electrons. The summed E-state index contributed by atoms with van der Waals surface area (Å²) in [5, 5.41) is 0. The smallest absolute Gasteiger partial charge is 0.308 e. The lowest BCUT2D eigenvalue weighted by molar-refractivity contribution is 0.550. The minimum Gasteiger partial charge on any atom is -0.361 e. The molecule has 1 N–H and O–H groups in total. The van der Waals surface area contributed by atoms with Crippen molar-refractivity contribution in [3.8, 4) is 0 Å². The fraction of sp³-hybridized carbons (Fsp3) is 0.556. The third-order valence-corrected chi connectivity index (χ3v) is 3.15. The van der Waals surface area contributed by atoms with E-state index >= 15 is 0 Å². The first-order valence-corrected chi connectivity index (χ1v) is 6.22. The zero-order chi connectivity index (χ0) is 10.2. The van der Waals surface area contributed by atoms with Gasteiger partial charge < -0.3 is 4.98 Å². The molecule has 1 aliphatic carbocycles. The second kappa shape index (κ2) is 3.38. The predicted octanol–water partition coefficient (Wildman–Crippen LogP) is 1.69. The summed E-state index contributed by atoms with van der Waals surface area (Å²) in [6.07, 6.45) is 4.17. The van der Waals surface area contributed by atoms with Crippen molar-refractivity contribution in [3.05, 3.63) is 23.0 Å². The van der Waals surface area contributed by atoms with Crippen LogP contribution >= 0.6 is 0 Å². The van der Waals surface area contributed by atoms with E-state index in [2.05, 4.69) is 4.98 Å². The minimum atomic E-state index is -4.41. The summed E-state index contributed by atoms with van der Waals surface area (Å²) < 4.78 is 33.2. The molecule has 0 radical (unpaired) electrons. The van der Waals surface area contributed by atoms with E-state index in [0.717, 1.165) is 36.9 Å². The molecule has 0 saturated carbocycles. The number of aromatic nitrogens is 1. The van der Waals surface area contributed by atoms with E-state index in [1.54, 1.807) is 6.07 Å². The summed E-state index contributed by atoms with van der Waals surface area (Å²) >= 11 is 0. The molecule has 0 saturated heterocycles. The lowest BCUT2D eigenvalue weighted by Gasteiger charge is -2.09. The Morgan fingerprint density at radius 3 is 2.71 bits per heavy atom. The molecule has 14 heavy (non-hydrogen) atoms. The van der Waals surface area contributed by atoms with E-state index in [4.69, 9.17) is 0 Å². The number of aromatic amines is 1. The van der Waals surface area contributed by atoms with Crippen molar-refractivity contribution >= 4 is 10.2 Å². The molecule has 0 aliphatic heterocycles. The fourth-order valence-electron chi connectivity index (χ4n) is 1.93. The van der Waals surface area contributed by atoms with Gasteiger partial charge in [-0.25, -0.2) is 0 Å². The third-order valence-electron chi connectivity index (χ3n) is 2.50. The van der Waals surface area contributed by atoms with Crippen LogP contribution in [0.5, 0.6) is 0 Å². The fourth-order valence-corrected chi connectivity index (χ4v) is 2.46. The van der Waals surface area contributed by atoms with Gasteiger partial charge in [-0.05, 0) is 37.3 Å². The quantitative estimate of drug-likeness (QED) is 0.766. The number of aryl methyl sites for hydroxylation is 2. The second-order valence-corrected chi connectivity index (χ2v) is 5.06. The Kier molecular flexibility index (Phi) is 2.34. The lowest BCUT2D eigenvalue weighted by Crippen LogP contribution is -2.00. The first kappa shape index (κ1) is 9.71. The normalized spacial score (nSPS) is 16.6. The number of H-pyrrole nitrogens is 1. The molecule has 0 amide bonds. The molecule has 0 unspecified atom stereocenters. The van der Waals surface area contributed by atoms with Crippen molar-refractivity contribution in [1.29, 1.82) is 0 Å². The van der Waals surface area contributed by atoms with E-state index in [0.29, 0.717) is 5.69 Å². The number of halogens is 1. The molecule has 1 aliphatic rings. The largest absolute Gasteiger partial charge is 0.361 e. The third kappa shape index (κ3) is 2.15. The highest BCUT2D eigenvalue weighted by Crippen LogP contribution is 2.22. The molecule has 0 aromatic carbocycles. The Bertz CT molecular complexity index is 412. The van der Waals surface area contributed by atoms with Gasteiger partial charge in [-0.2, -0.15) is 8.42 Å². The summed E-state index contributed by atoms with van der Waals surface area (Å²) in [5.41, 5.74) is 2.70. The monoisotopic (exact) mass is 217 g/mol. The summed E-state index contributed by atoms with van der Waals surface area (Å²) in [7, 11) is -4.41. The van der Waals surface area contributed by atoms with Crippen LogP contribution in [0.2, 0.25) is 0 Å². The molecule has 0 bridgehead atoms. The topological polar surface area (TPSA) is 49.9 Å². The average Bonchev–Trinajstić information content (AvgIpc) is 2.42. The molecule has 1 heterocycles. The van der Waals surface area contributed by atoms with Crippen LogP contribution in [0.4, 0.5) is 3.89 Å². The molecule has 2 rings (SSSR count). The minimum absolute atomic E-state index is 0.472. The summed E-state index contributed by atoms with van der Waals surface area (Å²) in [5.74, 6) is -0.528. The van der Waals surface area contributed by atoms with Crippen molar-refractivity contribution in [1.82, 2.24) is 4.98 Å². The zero-order valence-corrected chi connectivity index (χ0v) is 8.53. The van der Waals surface area contributed by atoms with Crippen molar-refractivity contribution in [2.24, 2.45) is 0 Å². The maximum absolute atomic E-state index is 12.4. The molecular formula is C9H12FNO2S. The second-order valence-electron chi connectivity index (χ2n) is 3.69. The van der Waals surface area contributed by atoms with Crippen molar-refractivity contribution in [2.75, 3.05) is 0 Å². The van der Waals surface area contributed by atoms with Gasteiger partial charge in [-0.3, -0.25) is 0 Å². The molecule has 1 aromatic rings. The van der Waals surface area contributed by atoms with Gasteiger partial charge in [0.25, 0.3) is 0 Å². The van der Waals surface area contributed by atoms with Gasteiger partial charge in [0.2, 0.25) is 0 Å². The molecule has 5 heteroatoms. The number of rotatable bonds is 2. The van der Waals surface area contributed by atoms with Gasteiger partial charge in [0.15, 0.2) is 0 Å². The van der Waals surface area contributed by atoms with E-state index < -0.39 is 16.0 Å². The molecule has 1 aromatic heterocycles. The Hall–Kier alpha value is -0.840. The number of nitrogens with one attached hydrogen (secondary N) is 1. The van der Waals surface area contributed by atoms with Gasteiger partial charge in [0.05, 0.1) is 0 Å². The standard InChI is InChI=1S/C9H12FNO2S/c10-14(12,13)6-8-5-7-3-1-2-4-9(7)11-8/h5,11H,1-4,6H2. The SMILES string of the molecule is O=S(=O)(F)Cc1cc2c([nH]1)CCCC2. The van der Waals surface area contributed by atoms with Crippen LogP contribution in [0.25, 0.3) is 0 Å². The van der Waals surface area contributed by atoms with Crippen molar-refractivity contribution in [3.63, 3.8) is 0 Å². The highest BCUT2D eigenvalue weighted by atomic mass is 32.3. The van der Waals surface area contributed by atoms with Crippen LogP contribution in [0.15, 0.2) is 6.07 Å². The first-order valence-electron chi connectivity index (χ1n) is 4.66. The van der Waals surface area contributed by atoms with Crippen LogP contribution in [0.3, 0.4) is 0 Å². The first-order chi connectivity index (χ1) is 6.54. The average molecular weight is 217 g/mol. The van der Waals surface area contributed by atoms with Crippen molar-refractivity contribution in [2.45, 2.75) is 31.4 Å². The van der Waals surface area contributed by atoms with Gasteiger partial charge in [0.1, 0.15) is 5.75 Å². The van der Waals surface area contributed by atoms with Gasteiger partial charge in [-0.1, -0.05) is 0 Å². The van der Waals surface area contributed by atoms with E-state index in [-0.39, 0.29) is 0 Å². The van der Waals surface area contributed by atoms with E-state index in [1.807, 2.05) is 0 Å². The maximum atomic E-state index is 12.4. The number of hydrogen-bond donors (Lipinski definition) is 1. The highest BCUT2D eigenvalue weighted by molar-refractivity contribution is 7.85. The van der Waals surface area contributed by atoms with Crippen LogP contribution in [0, 0.1) is 0 Å². The Labute approximate surface area is 82.5 Å². The molecule has 3 nitrogen and oxygen atoms in total. The van der Waals surface area contributed by atoms with Crippen LogP contribution in [0.1, 0.15) is 29.8 Å². The molecule has 0 fully saturated rings. The van der Waals surface area contributed by atoms with Crippen LogP contribution in [-0.2, 0) is 28.8 Å². The molecular weight excluding hydrogens is 205 g/mol. The maximum Gasteiger partial charge on any atom is 0.308 e. The predicted molar refractivity (Wildman–Crippen MR) is 51.2 cm³/mol. The summed E-state index contributed by atoms with van der Waals surface area (Å²) in [6, 6.07) is 1.77. The highest BCUT2D eigenvalue weighted by Gasteiger charge is 2.16. The zero-order valence-electron chi connectivity index (χ0n) is 7.72. The summed E-state index contributed by atoms with van der Waals surface area (Å²) in [6.45, 7) is 0. The molecule has 0 atom stereocenters. The van der Waals surface area contributed by atoms with Gasteiger partial charge >= 0.3 is 10.2 Å². The molecule has 0 spiro atoms. The van der Waals surface area contributed by atoms with Gasteiger partial charge in [0, 0.05) is 11.4 Å². The lowest BCUT2D eigenvalue weighted by atomic mass is 9.98. The van der Waals surface area contributed by atoms with E-state index in [1.165, 1.54) is 0 Å². The summed E-state index contributed by atoms with van der Waals surface area (Å²) in [4.78, 5) is 2.97. The van der Waals surface area contributed by atoms with Crippen molar-refractivity contribution < 1.29 is 12.3 Å². The Morgan fingerprint density at radius 1 is 1.36 bits per heavy atom. The van der Waals surface area contributed by atoms with E-state index in [9.17, 15) is 12.3 Å². The van der Waals surface area contributed by atoms with Crippen LogP contribution in [-0.4, -0.2) is 13.4 Å². The number of hydrogen-bond acceptors (Lipinski definition) is 2.